The number of aliphatic imine (C=N–C) groups is 1. The molecule has 1 fully saturated rings. The van der Waals surface area contributed by atoms with Crippen LogP contribution >= 0.6 is 0 Å². The third-order valence-electron chi connectivity index (χ3n) is 4.98. The number of rotatable bonds is 7. The molecule has 1 unspecified atom stereocenters. The van der Waals surface area contributed by atoms with Gasteiger partial charge in [0.05, 0.1) is 26.9 Å². The van der Waals surface area contributed by atoms with Crippen LogP contribution in [0.5, 0.6) is 11.5 Å². The topological polar surface area (TPSA) is 84.4 Å². The van der Waals surface area contributed by atoms with E-state index < -0.39 is 0 Å². The molecule has 2 aromatic rings. The van der Waals surface area contributed by atoms with Crippen molar-refractivity contribution in [3.05, 3.63) is 48.0 Å². The van der Waals surface area contributed by atoms with Gasteiger partial charge in [-0.2, -0.15) is 0 Å². The predicted octanol–water partition coefficient (Wildman–Crippen LogP) is 3.15. The Balaban J connectivity index is 1.80. The Labute approximate surface area is 183 Å². The fourth-order valence-electron chi connectivity index (χ4n) is 3.25. The van der Waals surface area contributed by atoms with E-state index in [1.54, 1.807) is 32.4 Å². The van der Waals surface area contributed by atoms with Gasteiger partial charge in [0.1, 0.15) is 0 Å². The van der Waals surface area contributed by atoms with Crippen molar-refractivity contribution in [2.75, 3.05) is 51.7 Å². The maximum Gasteiger partial charge on any atom is 0.258 e. The summed E-state index contributed by atoms with van der Waals surface area (Å²) in [5, 5.41) is 6.08. The Morgan fingerprint density at radius 2 is 1.97 bits per heavy atom. The summed E-state index contributed by atoms with van der Waals surface area (Å²) in [7, 11) is 7.03. The van der Waals surface area contributed by atoms with Gasteiger partial charge in [-0.05, 0) is 43.2 Å². The maximum atomic E-state index is 12.9. The number of ether oxygens (including phenoxy) is 3. The molecule has 8 nitrogen and oxygen atoms in total. The first-order valence-electron chi connectivity index (χ1n) is 10.2. The van der Waals surface area contributed by atoms with Crippen LogP contribution in [-0.4, -0.2) is 59.4 Å². The van der Waals surface area contributed by atoms with Crippen LogP contribution in [0.1, 0.15) is 23.2 Å². The molecule has 3 rings (SSSR count). The molecule has 0 spiro atoms. The van der Waals surface area contributed by atoms with E-state index in [9.17, 15) is 4.79 Å². The lowest BCUT2D eigenvalue weighted by atomic mass is 10.2. The standard InChI is InChI=1S/C23H30N4O4/c1-27(2)18-8-5-7-16(13-18)22(28)26-23(24-15-19-9-6-12-31-19)25-17-10-11-20(29-3)21(14-17)30-4/h5,7-8,10-11,13-14,19H,6,9,12,15H2,1-4H3,(H2,24,25,26,28). The van der Waals surface area contributed by atoms with Crippen LogP contribution in [0.4, 0.5) is 11.4 Å². The summed E-state index contributed by atoms with van der Waals surface area (Å²) in [4.78, 5) is 19.5. The summed E-state index contributed by atoms with van der Waals surface area (Å²) < 4.78 is 16.3. The van der Waals surface area contributed by atoms with Crippen molar-refractivity contribution in [1.29, 1.82) is 0 Å². The van der Waals surface area contributed by atoms with E-state index in [1.807, 2.05) is 43.3 Å². The van der Waals surface area contributed by atoms with E-state index in [-0.39, 0.29) is 12.0 Å². The van der Waals surface area contributed by atoms with Crippen LogP contribution in [0.2, 0.25) is 0 Å². The smallest absolute Gasteiger partial charge is 0.258 e. The van der Waals surface area contributed by atoms with E-state index in [0.717, 1.165) is 25.1 Å². The van der Waals surface area contributed by atoms with E-state index in [2.05, 4.69) is 15.6 Å². The molecule has 0 saturated carbocycles. The molecule has 1 heterocycles. The normalized spacial score (nSPS) is 16.0. The van der Waals surface area contributed by atoms with Crippen LogP contribution in [0.25, 0.3) is 0 Å². The minimum Gasteiger partial charge on any atom is -0.493 e. The molecular formula is C23H30N4O4. The molecule has 0 aromatic heterocycles. The zero-order chi connectivity index (χ0) is 22.2. The van der Waals surface area contributed by atoms with Gasteiger partial charge in [0.15, 0.2) is 11.5 Å². The van der Waals surface area contributed by atoms with Crippen molar-refractivity contribution in [2.45, 2.75) is 18.9 Å². The molecule has 2 aromatic carbocycles. The first-order valence-corrected chi connectivity index (χ1v) is 10.2. The number of nitrogens with zero attached hydrogens (tertiary/aromatic N) is 2. The number of anilines is 2. The summed E-state index contributed by atoms with van der Waals surface area (Å²) in [6.45, 7) is 1.22. The summed E-state index contributed by atoms with van der Waals surface area (Å²) in [5.41, 5.74) is 2.20. The third-order valence-corrected chi connectivity index (χ3v) is 4.98. The first kappa shape index (κ1) is 22.4. The predicted molar refractivity (Wildman–Crippen MR) is 123 cm³/mol. The van der Waals surface area contributed by atoms with Gasteiger partial charge in [0.25, 0.3) is 5.91 Å². The molecule has 31 heavy (non-hydrogen) atoms. The van der Waals surface area contributed by atoms with E-state index in [4.69, 9.17) is 14.2 Å². The van der Waals surface area contributed by atoms with Crippen molar-refractivity contribution in [2.24, 2.45) is 4.99 Å². The Hall–Kier alpha value is -3.26. The Morgan fingerprint density at radius 1 is 1.16 bits per heavy atom. The van der Waals surface area contributed by atoms with E-state index >= 15 is 0 Å². The lowest BCUT2D eigenvalue weighted by Gasteiger charge is -2.16. The highest BCUT2D eigenvalue weighted by atomic mass is 16.5. The summed E-state index contributed by atoms with van der Waals surface area (Å²) in [6, 6.07) is 12.8. The molecule has 0 bridgehead atoms. The molecule has 0 aliphatic carbocycles. The van der Waals surface area contributed by atoms with Crippen molar-refractivity contribution < 1.29 is 19.0 Å². The Kier molecular flexibility index (Phi) is 7.72. The SMILES string of the molecule is COc1ccc(NC(=NCC2CCCO2)NC(=O)c2cccc(N(C)C)c2)cc1OC. The highest BCUT2D eigenvalue weighted by Gasteiger charge is 2.17. The number of hydrogen-bond donors (Lipinski definition) is 2. The molecule has 1 saturated heterocycles. The Bertz CT molecular complexity index is 924. The summed E-state index contributed by atoms with van der Waals surface area (Å²) in [6.07, 6.45) is 2.06. The van der Waals surface area contributed by atoms with Gasteiger partial charge < -0.3 is 24.4 Å². The number of methoxy groups -OCH3 is 2. The number of nitrogens with one attached hydrogen (secondary N) is 2. The second kappa shape index (κ2) is 10.7. The zero-order valence-corrected chi connectivity index (χ0v) is 18.5. The highest BCUT2D eigenvalue weighted by Crippen LogP contribution is 2.29. The number of carbonyl (C=O) groups is 1. The second-order valence-electron chi connectivity index (χ2n) is 7.42. The van der Waals surface area contributed by atoms with E-state index in [0.29, 0.717) is 35.3 Å². The largest absolute Gasteiger partial charge is 0.493 e. The van der Waals surface area contributed by atoms with Crippen LogP contribution in [0.15, 0.2) is 47.5 Å². The third kappa shape index (κ3) is 6.11. The van der Waals surface area contributed by atoms with Crippen LogP contribution in [0.3, 0.4) is 0 Å². The van der Waals surface area contributed by atoms with Gasteiger partial charge in [-0.3, -0.25) is 10.1 Å². The van der Waals surface area contributed by atoms with Crippen molar-refractivity contribution in [1.82, 2.24) is 5.32 Å². The molecule has 1 amide bonds. The molecule has 1 aliphatic rings. The average molecular weight is 427 g/mol. The van der Waals surface area contributed by atoms with Gasteiger partial charge in [-0.1, -0.05) is 6.07 Å². The number of benzene rings is 2. The van der Waals surface area contributed by atoms with E-state index in [1.165, 1.54) is 0 Å². The number of guanidine groups is 1. The van der Waals surface area contributed by atoms with Crippen LogP contribution < -0.4 is 25.0 Å². The molecule has 0 radical (unpaired) electrons. The fourth-order valence-corrected chi connectivity index (χ4v) is 3.25. The summed E-state index contributed by atoms with van der Waals surface area (Å²) >= 11 is 0. The number of carbonyl (C=O) groups excluding carboxylic acids is 1. The minimum atomic E-state index is -0.247. The zero-order valence-electron chi connectivity index (χ0n) is 18.5. The van der Waals surface area contributed by atoms with Crippen LogP contribution in [-0.2, 0) is 4.74 Å². The minimum absolute atomic E-state index is 0.0659. The van der Waals surface area contributed by atoms with Gasteiger partial charge in [-0.25, -0.2) is 4.99 Å². The number of hydrogen-bond acceptors (Lipinski definition) is 6. The van der Waals surface area contributed by atoms with Crippen molar-refractivity contribution in [3.63, 3.8) is 0 Å². The quantitative estimate of drug-likeness (QED) is 0.523. The molecule has 1 aliphatic heterocycles. The van der Waals surface area contributed by atoms with Gasteiger partial charge in [0, 0.05) is 43.7 Å². The van der Waals surface area contributed by atoms with Crippen molar-refractivity contribution in [3.8, 4) is 11.5 Å². The van der Waals surface area contributed by atoms with Crippen LogP contribution in [0, 0.1) is 0 Å². The molecule has 8 heteroatoms. The highest BCUT2D eigenvalue weighted by molar-refractivity contribution is 6.10. The number of amides is 1. The Morgan fingerprint density at radius 3 is 2.65 bits per heavy atom. The molecular weight excluding hydrogens is 396 g/mol. The fraction of sp³-hybridized carbons (Fsp3) is 0.391. The molecule has 166 valence electrons. The molecule has 2 N–H and O–H groups in total. The lowest BCUT2D eigenvalue weighted by molar-refractivity contribution is 0.0975. The lowest BCUT2D eigenvalue weighted by Crippen LogP contribution is -2.36. The average Bonchev–Trinajstić information content (AvgIpc) is 3.31. The van der Waals surface area contributed by atoms with Crippen molar-refractivity contribution >= 4 is 23.2 Å². The summed E-state index contributed by atoms with van der Waals surface area (Å²) in [5.74, 6) is 1.30. The van der Waals surface area contributed by atoms with Gasteiger partial charge in [-0.15, -0.1) is 0 Å². The second-order valence-corrected chi connectivity index (χ2v) is 7.42. The first-order chi connectivity index (χ1) is 15.0. The molecule has 1 atom stereocenters. The monoisotopic (exact) mass is 426 g/mol. The van der Waals surface area contributed by atoms with Gasteiger partial charge >= 0.3 is 0 Å². The maximum absolute atomic E-state index is 12.9. The van der Waals surface area contributed by atoms with Gasteiger partial charge in [0.2, 0.25) is 5.96 Å².